The molecular weight excluding hydrogens is 1220 g/mol. The maximum Gasteiger partial charge on any atom is 0.187 e. The third-order valence-electron chi connectivity index (χ3n) is 16.9. The minimum Gasteiger partial charge on any atom is -0.394 e. The van der Waals surface area contributed by atoms with Gasteiger partial charge in [-0.2, -0.15) is 0 Å². The Morgan fingerprint density at radius 3 is 0.307 bits per heavy atom. The monoisotopic (exact) mass is 1300 g/mol. The van der Waals surface area contributed by atoms with E-state index in [-0.39, 0.29) is 0 Å². The van der Waals surface area contributed by atoms with Crippen molar-refractivity contribution in [2.45, 2.75) is 246 Å². The number of rotatable bonds is 8. The molecule has 512 valence electrons. The summed E-state index contributed by atoms with van der Waals surface area (Å²) >= 11 is 0. The first kappa shape index (κ1) is 70.7. The molecule has 0 aliphatic carbocycles. The van der Waals surface area contributed by atoms with Gasteiger partial charge in [-0.05, 0) is 0 Å². The molecule has 0 spiro atoms. The van der Waals surface area contributed by atoms with Crippen LogP contribution in [-0.4, -0.2) is 421 Å². The van der Waals surface area contributed by atoms with E-state index in [9.17, 15) is 123 Å². The smallest absolute Gasteiger partial charge is 0.187 e. The largest absolute Gasteiger partial charge is 0.394 e. The predicted molar refractivity (Wildman–Crippen MR) is 261 cm³/mol. The van der Waals surface area contributed by atoms with Crippen molar-refractivity contribution in [2.75, 3.05) is 52.9 Å². The highest BCUT2D eigenvalue weighted by molar-refractivity contribution is 5.02. The molecule has 30 saturated heterocycles. The average Bonchev–Trinajstić information content (AvgIpc) is 1.04. The van der Waals surface area contributed by atoms with Crippen LogP contribution in [0.4, 0.5) is 0 Å². The first-order valence-corrected chi connectivity index (χ1v) is 28.1. The quantitative estimate of drug-likeness (QED) is 0.107. The molecule has 30 fully saturated rings. The van der Waals surface area contributed by atoms with Crippen LogP contribution in [-0.2, 0) is 75.8 Å². The Morgan fingerprint density at radius 2 is 0.227 bits per heavy atom. The molecule has 24 N–H and O–H groups in total. The number of hydrogen-bond acceptors (Lipinski definition) is 40. The summed E-state index contributed by atoms with van der Waals surface area (Å²) in [7, 11) is 0. The standard InChI is InChI=1S/C48H80O40/c49-1-9-33-17(57)25(65)41(73-9)82-34-10(2-50)75-43(27(67)19(34)59)84-36-12(4-52)77-45(29(69)21(36)61)86-38-14(6-54)79-47(31(71)23(38)63)88-40-16(8-56)80-48(32(72)24(40)64)87-39-15(7-55)78-46(30(70)22(39)62)85-37-13(5-53)76-44(28(68)20(37)60)83-35-11(3-51)74-42(81-33)26(66)18(35)58/h9-72H,1-8H2/t9-,10-,11-,12-,13-,14-,15-,16-,17-,18-,19-,20-,21-,22-,23-,24-,25-,26-,27-,28-,29-,30-,31-,32-,33-,34-,35-,36-,37?,38?,39-,40-,41?,42?,43?,44?,45?,46?,47?,48?/m1/s1. The number of aliphatic hydroxyl groups is 24. The van der Waals surface area contributed by atoms with E-state index in [1.54, 1.807) is 0 Å². The molecule has 0 aromatic rings. The molecule has 10 unspecified atom stereocenters. The first-order chi connectivity index (χ1) is 41.9. The third-order valence-corrected chi connectivity index (χ3v) is 16.9. The summed E-state index contributed by atoms with van der Waals surface area (Å²) in [6.45, 7) is -8.64. The topological polar surface area (TPSA) is 633 Å². The van der Waals surface area contributed by atoms with Crippen LogP contribution >= 0.6 is 0 Å². The number of aliphatic hydroxyl groups excluding tert-OH is 24. The summed E-state index contributed by atoms with van der Waals surface area (Å²) < 4.78 is 91.1. The van der Waals surface area contributed by atoms with Gasteiger partial charge in [0.25, 0.3) is 0 Å². The zero-order valence-corrected chi connectivity index (χ0v) is 46.0. The summed E-state index contributed by atoms with van der Waals surface area (Å²) in [5.41, 5.74) is 0. The molecular formula is C48H80O40. The van der Waals surface area contributed by atoms with E-state index in [4.69, 9.17) is 75.8 Å². The second-order valence-corrected chi connectivity index (χ2v) is 22.5. The molecule has 0 radical (unpaired) electrons. The van der Waals surface area contributed by atoms with Gasteiger partial charge in [-0.1, -0.05) is 0 Å². The van der Waals surface area contributed by atoms with Crippen LogP contribution in [0.25, 0.3) is 0 Å². The minimum absolute atomic E-state index is 1.08. The van der Waals surface area contributed by atoms with Crippen LogP contribution in [0.15, 0.2) is 0 Å². The van der Waals surface area contributed by atoms with Gasteiger partial charge in [-0.3, -0.25) is 0 Å². The molecule has 40 atom stereocenters. The van der Waals surface area contributed by atoms with Crippen molar-refractivity contribution in [1.82, 2.24) is 0 Å². The molecule has 30 rings (SSSR count). The van der Waals surface area contributed by atoms with Crippen molar-refractivity contribution in [3.63, 3.8) is 0 Å². The van der Waals surface area contributed by atoms with Gasteiger partial charge in [0.1, 0.15) is 195 Å². The first-order valence-electron chi connectivity index (χ1n) is 28.1. The van der Waals surface area contributed by atoms with E-state index in [2.05, 4.69) is 0 Å². The van der Waals surface area contributed by atoms with Crippen LogP contribution in [0, 0.1) is 0 Å². The van der Waals surface area contributed by atoms with E-state index in [1.165, 1.54) is 0 Å². The summed E-state index contributed by atoms with van der Waals surface area (Å²) in [6, 6.07) is 0. The van der Waals surface area contributed by atoms with Crippen LogP contribution in [0.5, 0.6) is 0 Å². The van der Waals surface area contributed by atoms with Crippen molar-refractivity contribution in [3.05, 3.63) is 0 Å². The molecule has 0 aromatic carbocycles. The Bertz CT molecular complexity index is 1700. The fraction of sp³-hybridized carbons (Fsp3) is 1.00. The summed E-state index contributed by atoms with van der Waals surface area (Å²) in [6.07, 6.45) is -82.0. The van der Waals surface area contributed by atoms with Crippen molar-refractivity contribution in [3.8, 4) is 0 Å². The SMILES string of the molecule is OC[C@H]1OC2O[C@H]3[C@H](O)[C@@H](O)C(O[C@H]4[C@H](O)[C@@H](O)C(OC5[C@@H](CO)OC(O[C@H]6[C@H](O)[C@@H](O)C(O[C@H]7[C@H](O)[C@@H](O)C(O[C@H]8[C@H](O)[C@@H](O)C(O[C@H]9[C@H](O)[C@@H](O)C(OC1[C@H](O)[C@H]2O)O[C@@H]9CO)O[C@@H]8CO)O[C@@H]7CO)O[C@@H]6CO)[C@H](O)[C@H]5O)O[C@@H]4CO)O[C@@H]3CO. The highest BCUT2D eigenvalue weighted by Crippen LogP contribution is 2.40. The summed E-state index contributed by atoms with van der Waals surface area (Å²) in [4.78, 5) is 0. The molecule has 16 bridgehead atoms. The number of hydrogen-bond donors (Lipinski definition) is 24. The van der Waals surface area contributed by atoms with Gasteiger partial charge >= 0.3 is 0 Å². The fourth-order valence-corrected chi connectivity index (χ4v) is 11.9. The van der Waals surface area contributed by atoms with E-state index in [1.807, 2.05) is 0 Å². The molecule has 30 aliphatic rings. The normalized spacial score (nSPS) is 55.4. The molecule has 40 nitrogen and oxygen atoms in total. The van der Waals surface area contributed by atoms with E-state index in [0.717, 1.165) is 0 Å². The van der Waals surface area contributed by atoms with Gasteiger partial charge in [0, 0.05) is 0 Å². The fourth-order valence-electron chi connectivity index (χ4n) is 11.9. The van der Waals surface area contributed by atoms with Crippen LogP contribution in [0.1, 0.15) is 0 Å². The average molecular weight is 1300 g/mol. The molecule has 88 heavy (non-hydrogen) atoms. The van der Waals surface area contributed by atoms with Crippen molar-refractivity contribution in [1.29, 1.82) is 0 Å². The van der Waals surface area contributed by atoms with Crippen LogP contribution < -0.4 is 0 Å². The lowest BCUT2D eigenvalue weighted by Crippen LogP contribution is -2.69. The lowest BCUT2D eigenvalue weighted by molar-refractivity contribution is -0.404. The summed E-state index contributed by atoms with van der Waals surface area (Å²) in [5.74, 6) is 0. The maximum absolute atomic E-state index is 11.4. The second-order valence-electron chi connectivity index (χ2n) is 22.5. The second kappa shape index (κ2) is 30.0. The van der Waals surface area contributed by atoms with Gasteiger partial charge < -0.3 is 198 Å². The molecule has 40 heteroatoms. The van der Waals surface area contributed by atoms with E-state index in [0.29, 0.717) is 0 Å². The highest BCUT2D eigenvalue weighted by Gasteiger charge is 2.60. The highest BCUT2D eigenvalue weighted by atomic mass is 16.8. The van der Waals surface area contributed by atoms with Crippen LogP contribution in [0.2, 0.25) is 0 Å². The molecule has 0 aromatic heterocycles. The van der Waals surface area contributed by atoms with Gasteiger partial charge in [0.2, 0.25) is 0 Å². The lowest BCUT2D eigenvalue weighted by Gasteiger charge is -2.50. The van der Waals surface area contributed by atoms with E-state index < -0.39 is 299 Å². The summed E-state index contributed by atoms with van der Waals surface area (Å²) in [5, 5.41) is 265. The Balaban J connectivity index is 0.975. The van der Waals surface area contributed by atoms with Gasteiger partial charge in [0.05, 0.1) is 52.9 Å². The number of ether oxygens (including phenoxy) is 16. The van der Waals surface area contributed by atoms with Crippen LogP contribution in [0.3, 0.4) is 0 Å². The van der Waals surface area contributed by atoms with Crippen molar-refractivity contribution < 1.29 is 198 Å². The Morgan fingerprint density at radius 1 is 0.136 bits per heavy atom. The van der Waals surface area contributed by atoms with Crippen molar-refractivity contribution >= 4 is 0 Å². The zero-order chi connectivity index (χ0) is 64.1. The lowest BCUT2D eigenvalue weighted by atomic mass is 9.94. The van der Waals surface area contributed by atoms with Gasteiger partial charge in [0.15, 0.2) is 50.3 Å². The Kier molecular flexibility index (Phi) is 24.1. The molecule has 0 saturated carbocycles. The maximum atomic E-state index is 11.4. The third kappa shape index (κ3) is 13.8. The van der Waals surface area contributed by atoms with Crippen molar-refractivity contribution in [2.24, 2.45) is 0 Å². The Hall–Kier alpha value is -1.60. The minimum atomic E-state index is -2.25. The predicted octanol–water partition coefficient (Wildman–Crippen LogP) is -17.4. The van der Waals surface area contributed by atoms with E-state index >= 15 is 0 Å². The molecule has 0 amide bonds. The molecule has 30 heterocycles. The zero-order valence-electron chi connectivity index (χ0n) is 46.0. The Labute approximate surface area is 496 Å². The van der Waals surface area contributed by atoms with Gasteiger partial charge in [-0.15, -0.1) is 0 Å². The van der Waals surface area contributed by atoms with Gasteiger partial charge in [-0.25, -0.2) is 0 Å². The molecule has 30 aliphatic heterocycles.